The second kappa shape index (κ2) is 6.91. The number of Topliss-reactive ketones (excluding diaryl/α,β-unsaturated/α-hetero) is 1. The predicted octanol–water partition coefficient (Wildman–Crippen LogP) is 4.50. The molecule has 1 atom stereocenters. The average molecular weight is 361 g/mol. The minimum absolute atomic E-state index is 0.212. The number of ketones is 1. The van der Waals surface area contributed by atoms with Crippen LogP contribution in [0.2, 0.25) is 0 Å². The van der Waals surface area contributed by atoms with Gasteiger partial charge in [-0.25, -0.2) is 0 Å². The van der Waals surface area contributed by atoms with Crippen molar-refractivity contribution >= 4 is 34.4 Å². The quantitative estimate of drug-likeness (QED) is 0.771. The number of carbonyl (C=O) groups is 2. The zero-order valence-electron chi connectivity index (χ0n) is 13.6. The van der Waals surface area contributed by atoms with E-state index in [9.17, 15) is 14.7 Å². The number of carbonyl (C=O) groups excluding carboxylic acids is 2. The first kappa shape index (κ1) is 16.9. The number of rotatable bonds is 6. The first-order valence-electron chi connectivity index (χ1n) is 7.92. The molecular weight excluding hydrogens is 342 g/mol. The minimum Gasteiger partial charge on any atom is -0.503 e. The van der Waals surface area contributed by atoms with E-state index in [4.69, 9.17) is 0 Å². The molecule has 0 saturated carbocycles. The largest absolute Gasteiger partial charge is 0.503 e. The van der Waals surface area contributed by atoms with Crippen molar-refractivity contribution in [1.29, 1.82) is 0 Å². The van der Waals surface area contributed by atoms with Gasteiger partial charge in [0.05, 0.1) is 16.5 Å². The monoisotopic (exact) mass is 361 g/mol. The fraction of sp³-hybridized carbons (Fsp3) is 0.333. The van der Waals surface area contributed by atoms with Crippen molar-refractivity contribution in [1.82, 2.24) is 4.90 Å². The highest BCUT2D eigenvalue weighted by molar-refractivity contribution is 7.12. The molecule has 0 radical (unpaired) electrons. The first-order chi connectivity index (χ1) is 11.6. The van der Waals surface area contributed by atoms with Crippen molar-refractivity contribution in [2.75, 3.05) is 6.54 Å². The molecule has 24 heavy (non-hydrogen) atoms. The number of aliphatic hydroxyl groups is 1. The second-order valence-corrected chi connectivity index (χ2v) is 7.69. The van der Waals surface area contributed by atoms with Crippen LogP contribution in [0.15, 0.2) is 40.3 Å². The van der Waals surface area contributed by atoms with Crippen LogP contribution in [0.5, 0.6) is 0 Å². The molecule has 3 rings (SSSR count). The van der Waals surface area contributed by atoms with Crippen LogP contribution in [-0.2, 0) is 4.79 Å². The second-order valence-electron chi connectivity index (χ2n) is 5.79. The Balaban J connectivity index is 2.07. The summed E-state index contributed by atoms with van der Waals surface area (Å²) in [4.78, 5) is 28.6. The summed E-state index contributed by atoms with van der Waals surface area (Å²) in [5.41, 5.74) is 1.24. The zero-order chi connectivity index (χ0) is 17.3. The van der Waals surface area contributed by atoms with Crippen molar-refractivity contribution in [3.63, 3.8) is 0 Å². The summed E-state index contributed by atoms with van der Waals surface area (Å²) >= 11 is 2.84. The van der Waals surface area contributed by atoms with Crippen molar-refractivity contribution in [2.45, 2.75) is 32.7 Å². The van der Waals surface area contributed by atoms with Crippen LogP contribution in [-0.4, -0.2) is 28.2 Å². The number of aliphatic hydroxyl groups excluding tert-OH is 1. The lowest BCUT2D eigenvalue weighted by molar-refractivity contribution is -0.129. The maximum absolute atomic E-state index is 12.9. The maximum Gasteiger partial charge on any atom is 0.290 e. The molecule has 126 valence electrons. The van der Waals surface area contributed by atoms with E-state index in [-0.39, 0.29) is 11.4 Å². The standard InChI is InChI=1S/C18H19NO3S2/c1-3-4-8-19-14(17-11(2)7-10-24-17)13(16(21)18(19)22)15(20)12-6-5-9-23-12/h5-7,9-10,14,21H,3-4,8H2,1-2H3. The van der Waals surface area contributed by atoms with E-state index < -0.39 is 17.7 Å². The molecule has 2 aromatic rings. The Kier molecular flexibility index (Phi) is 4.87. The fourth-order valence-corrected chi connectivity index (χ4v) is 4.65. The number of hydrogen-bond acceptors (Lipinski definition) is 5. The molecule has 0 saturated heterocycles. The molecule has 6 heteroatoms. The van der Waals surface area contributed by atoms with Gasteiger partial charge in [-0.3, -0.25) is 9.59 Å². The smallest absolute Gasteiger partial charge is 0.290 e. The lowest BCUT2D eigenvalue weighted by Gasteiger charge is -2.26. The van der Waals surface area contributed by atoms with Crippen LogP contribution in [0.25, 0.3) is 0 Å². The lowest BCUT2D eigenvalue weighted by atomic mass is 9.99. The molecule has 0 bridgehead atoms. The molecule has 1 unspecified atom stereocenters. The Bertz CT molecular complexity index is 789. The van der Waals surface area contributed by atoms with E-state index in [0.717, 1.165) is 23.3 Å². The van der Waals surface area contributed by atoms with Crippen molar-refractivity contribution in [3.05, 3.63) is 55.6 Å². The zero-order valence-corrected chi connectivity index (χ0v) is 15.2. The number of unbranched alkanes of at least 4 members (excludes halogenated alkanes) is 1. The van der Waals surface area contributed by atoms with E-state index in [1.54, 1.807) is 17.0 Å². The molecule has 1 amide bonds. The van der Waals surface area contributed by atoms with Crippen LogP contribution < -0.4 is 0 Å². The van der Waals surface area contributed by atoms with E-state index >= 15 is 0 Å². The van der Waals surface area contributed by atoms with Gasteiger partial charge >= 0.3 is 0 Å². The van der Waals surface area contributed by atoms with Crippen LogP contribution in [0.3, 0.4) is 0 Å². The van der Waals surface area contributed by atoms with E-state index in [0.29, 0.717) is 11.4 Å². The van der Waals surface area contributed by atoms with Crippen molar-refractivity contribution < 1.29 is 14.7 Å². The highest BCUT2D eigenvalue weighted by atomic mass is 32.1. The van der Waals surface area contributed by atoms with Crippen LogP contribution in [0.4, 0.5) is 0 Å². The Morgan fingerprint density at radius 2 is 2.08 bits per heavy atom. The first-order valence-corrected chi connectivity index (χ1v) is 9.68. The molecule has 1 aliphatic heterocycles. The van der Waals surface area contributed by atoms with Crippen LogP contribution >= 0.6 is 22.7 Å². The highest BCUT2D eigenvalue weighted by Crippen LogP contribution is 2.42. The van der Waals surface area contributed by atoms with Crippen molar-refractivity contribution in [2.24, 2.45) is 0 Å². The number of thiophene rings is 2. The normalized spacial score (nSPS) is 17.8. The number of amides is 1. The molecule has 4 nitrogen and oxygen atoms in total. The van der Waals surface area contributed by atoms with Gasteiger partial charge in [0.2, 0.25) is 5.78 Å². The summed E-state index contributed by atoms with van der Waals surface area (Å²) in [6.07, 6.45) is 1.77. The summed E-state index contributed by atoms with van der Waals surface area (Å²) in [7, 11) is 0. The molecule has 2 aromatic heterocycles. The SMILES string of the molecule is CCCCN1C(=O)C(O)=C(C(=O)c2cccs2)C1c1sccc1C. The molecule has 0 aromatic carbocycles. The fourth-order valence-electron chi connectivity index (χ4n) is 2.92. The summed E-state index contributed by atoms with van der Waals surface area (Å²) in [6, 6.07) is 5.02. The van der Waals surface area contributed by atoms with Gasteiger partial charge in [0, 0.05) is 11.4 Å². The molecule has 1 aliphatic rings. The van der Waals surface area contributed by atoms with Crippen LogP contribution in [0, 0.1) is 6.92 Å². The van der Waals surface area contributed by atoms with Gasteiger partial charge in [0.25, 0.3) is 5.91 Å². The van der Waals surface area contributed by atoms with Gasteiger partial charge in [-0.1, -0.05) is 19.4 Å². The van der Waals surface area contributed by atoms with Gasteiger partial charge in [-0.15, -0.1) is 22.7 Å². The third-order valence-corrected chi connectivity index (χ3v) is 6.14. The number of hydrogen-bond donors (Lipinski definition) is 1. The van der Waals surface area contributed by atoms with E-state index in [1.807, 2.05) is 23.8 Å². The summed E-state index contributed by atoms with van der Waals surface area (Å²) in [5.74, 6) is -1.10. The van der Waals surface area contributed by atoms with Gasteiger partial charge in [0.1, 0.15) is 0 Å². The van der Waals surface area contributed by atoms with Gasteiger partial charge in [-0.05, 0) is 41.8 Å². The number of aryl methyl sites for hydroxylation is 1. The number of nitrogens with zero attached hydrogens (tertiary/aromatic N) is 1. The molecule has 0 spiro atoms. The lowest BCUT2D eigenvalue weighted by Crippen LogP contribution is -2.31. The minimum atomic E-state index is -0.487. The Hall–Kier alpha value is -1.92. The van der Waals surface area contributed by atoms with E-state index in [2.05, 4.69) is 6.92 Å². The third kappa shape index (κ3) is 2.80. The average Bonchev–Trinajstić information content (AvgIpc) is 3.28. The van der Waals surface area contributed by atoms with Crippen molar-refractivity contribution in [3.8, 4) is 0 Å². The summed E-state index contributed by atoms with van der Waals surface area (Å²) in [6.45, 7) is 4.55. The maximum atomic E-state index is 12.9. The Morgan fingerprint density at radius 1 is 1.29 bits per heavy atom. The summed E-state index contributed by atoms with van der Waals surface area (Å²) in [5, 5.41) is 14.2. The molecular formula is C18H19NO3S2. The highest BCUT2D eigenvalue weighted by Gasteiger charge is 2.44. The van der Waals surface area contributed by atoms with Gasteiger partial charge in [0.15, 0.2) is 5.76 Å². The molecule has 1 N–H and O–H groups in total. The Morgan fingerprint density at radius 3 is 2.67 bits per heavy atom. The molecule has 0 aliphatic carbocycles. The molecule has 0 fully saturated rings. The predicted molar refractivity (Wildman–Crippen MR) is 96.7 cm³/mol. The van der Waals surface area contributed by atoms with Gasteiger partial charge < -0.3 is 10.0 Å². The topological polar surface area (TPSA) is 57.6 Å². The van der Waals surface area contributed by atoms with E-state index in [1.165, 1.54) is 22.7 Å². The summed E-state index contributed by atoms with van der Waals surface area (Å²) < 4.78 is 0. The molecule has 3 heterocycles. The van der Waals surface area contributed by atoms with Crippen LogP contribution in [0.1, 0.15) is 45.9 Å². The third-order valence-electron chi connectivity index (χ3n) is 4.20. The Labute approximate surface area is 149 Å². The van der Waals surface area contributed by atoms with Gasteiger partial charge in [-0.2, -0.15) is 0 Å².